The van der Waals surface area contributed by atoms with Gasteiger partial charge >= 0.3 is 0 Å². The second-order valence-corrected chi connectivity index (χ2v) is 4.98. The van der Waals surface area contributed by atoms with Crippen LogP contribution in [0.2, 0.25) is 0 Å². The van der Waals surface area contributed by atoms with Gasteiger partial charge in [0.2, 0.25) is 0 Å². The predicted molar refractivity (Wildman–Crippen MR) is 52.1 cm³/mol. The van der Waals surface area contributed by atoms with Crippen molar-refractivity contribution in [1.29, 1.82) is 0 Å². The molecule has 15 heavy (non-hydrogen) atoms. The molecule has 3 fully saturated rings. The van der Waals surface area contributed by atoms with Gasteiger partial charge < -0.3 is 19.7 Å². The molecule has 0 amide bonds. The van der Waals surface area contributed by atoms with Gasteiger partial charge in [-0.25, -0.2) is 0 Å². The first-order chi connectivity index (χ1) is 7.29. The van der Waals surface area contributed by atoms with E-state index in [1.54, 1.807) is 0 Å². The minimum absolute atomic E-state index is 0.0651. The van der Waals surface area contributed by atoms with E-state index in [-0.39, 0.29) is 25.4 Å². The quantitative estimate of drug-likeness (QED) is 0.693. The standard InChI is InChI=1S/C11H18O4/c12-5-9-10(6-13)15-11(14-9)3-1-2-7-4-8(7)11/h7-10,12-13H,1-6H2/t7-,8+,9+,10+/m1/s1. The van der Waals surface area contributed by atoms with E-state index in [9.17, 15) is 0 Å². The Bertz CT molecular complexity index is 243. The highest BCUT2D eigenvalue weighted by Crippen LogP contribution is 2.59. The minimum atomic E-state index is -0.469. The summed E-state index contributed by atoms with van der Waals surface area (Å²) in [5.41, 5.74) is 0. The summed E-state index contributed by atoms with van der Waals surface area (Å²) in [6.45, 7) is -0.130. The third-order valence-electron chi connectivity index (χ3n) is 4.06. The molecule has 3 rings (SSSR count). The molecule has 86 valence electrons. The van der Waals surface area contributed by atoms with Crippen LogP contribution in [-0.4, -0.2) is 41.4 Å². The molecular weight excluding hydrogens is 196 g/mol. The van der Waals surface area contributed by atoms with Gasteiger partial charge in [0.25, 0.3) is 0 Å². The number of hydrogen-bond donors (Lipinski definition) is 2. The van der Waals surface area contributed by atoms with Crippen LogP contribution in [0.5, 0.6) is 0 Å². The second kappa shape index (κ2) is 3.42. The average Bonchev–Trinajstić information content (AvgIpc) is 2.96. The molecule has 0 aromatic carbocycles. The Kier molecular flexibility index (Phi) is 2.28. The highest BCUT2D eigenvalue weighted by molar-refractivity contribution is 5.04. The molecule has 0 unspecified atom stereocenters. The summed E-state index contributed by atoms with van der Waals surface area (Å²) in [5, 5.41) is 18.3. The van der Waals surface area contributed by atoms with E-state index in [0.717, 1.165) is 18.8 Å². The molecule has 4 nitrogen and oxygen atoms in total. The highest BCUT2D eigenvalue weighted by atomic mass is 16.8. The summed E-state index contributed by atoms with van der Waals surface area (Å²) in [6, 6.07) is 0. The molecule has 1 aliphatic heterocycles. The van der Waals surface area contributed by atoms with Crippen molar-refractivity contribution in [3.63, 3.8) is 0 Å². The first kappa shape index (κ1) is 10.0. The van der Waals surface area contributed by atoms with Gasteiger partial charge in [-0.2, -0.15) is 0 Å². The summed E-state index contributed by atoms with van der Waals surface area (Å²) in [7, 11) is 0. The second-order valence-electron chi connectivity index (χ2n) is 4.98. The van der Waals surface area contributed by atoms with Gasteiger partial charge in [-0.05, 0) is 25.2 Å². The number of fused-ring (bicyclic) bond motifs is 2. The number of aliphatic hydroxyl groups is 2. The molecule has 1 heterocycles. The number of rotatable bonds is 2. The zero-order valence-corrected chi connectivity index (χ0v) is 8.76. The van der Waals surface area contributed by atoms with E-state index in [4.69, 9.17) is 19.7 Å². The van der Waals surface area contributed by atoms with E-state index in [1.165, 1.54) is 12.8 Å². The van der Waals surface area contributed by atoms with Crippen molar-refractivity contribution in [3.8, 4) is 0 Å². The van der Waals surface area contributed by atoms with Gasteiger partial charge in [-0.1, -0.05) is 0 Å². The van der Waals surface area contributed by atoms with Gasteiger partial charge in [0, 0.05) is 12.3 Å². The molecule has 0 radical (unpaired) electrons. The Labute approximate surface area is 89.2 Å². The highest BCUT2D eigenvalue weighted by Gasteiger charge is 2.61. The lowest BCUT2D eigenvalue weighted by Crippen LogP contribution is -2.37. The van der Waals surface area contributed by atoms with Crippen LogP contribution in [0.1, 0.15) is 25.7 Å². The summed E-state index contributed by atoms with van der Waals surface area (Å²) in [6.07, 6.45) is 3.85. The molecule has 2 N–H and O–H groups in total. The molecule has 0 bridgehead atoms. The largest absolute Gasteiger partial charge is 0.394 e. The molecule has 3 aliphatic rings. The van der Waals surface area contributed by atoms with Gasteiger partial charge in [-0.15, -0.1) is 0 Å². The Hall–Kier alpha value is -0.160. The Morgan fingerprint density at radius 2 is 1.80 bits per heavy atom. The summed E-state index contributed by atoms with van der Waals surface area (Å²) in [5.74, 6) is 0.802. The maximum atomic E-state index is 9.17. The van der Waals surface area contributed by atoms with Crippen LogP contribution in [0.15, 0.2) is 0 Å². The van der Waals surface area contributed by atoms with E-state index in [1.807, 2.05) is 0 Å². The summed E-state index contributed by atoms with van der Waals surface area (Å²) < 4.78 is 11.7. The van der Waals surface area contributed by atoms with Crippen molar-refractivity contribution in [1.82, 2.24) is 0 Å². The molecule has 2 aliphatic carbocycles. The van der Waals surface area contributed by atoms with Crippen LogP contribution in [0.4, 0.5) is 0 Å². The first-order valence-electron chi connectivity index (χ1n) is 5.86. The lowest BCUT2D eigenvalue weighted by Gasteiger charge is -2.32. The van der Waals surface area contributed by atoms with E-state index in [0.29, 0.717) is 5.92 Å². The van der Waals surface area contributed by atoms with Crippen LogP contribution < -0.4 is 0 Å². The zero-order valence-electron chi connectivity index (χ0n) is 8.76. The van der Waals surface area contributed by atoms with Crippen LogP contribution in [0.25, 0.3) is 0 Å². The van der Waals surface area contributed by atoms with Gasteiger partial charge in [0.15, 0.2) is 5.79 Å². The third kappa shape index (κ3) is 1.43. The van der Waals surface area contributed by atoms with Crippen LogP contribution in [0.3, 0.4) is 0 Å². The molecule has 2 saturated carbocycles. The molecular formula is C11H18O4. The maximum Gasteiger partial charge on any atom is 0.172 e. The Morgan fingerprint density at radius 3 is 2.40 bits per heavy atom. The van der Waals surface area contributed by atoms with E-state index < -0.39 is 5.79 Å². The third-order valence-corrected chi connectivity index (χ3v) is 4.06. The fourth-order valence-electron chi connectivity index (χ4n) is 3.20. The van der Waals surface area contributed by atoms with Crippen LogP contribution in [0, 0.1) is 11.8 Å². The van der Waals surface area contributed by atoms with E-state index >= 15 is 0 Å². The average molecular weight is 214 g/mol. The van der Waals surface area contributed by atoms with Crippen molar-refractivity contribution in [3.05, 3.63) is 0 Å². The van der Waals surface area contributed by atoms with E-state index in [2.05, 4.69) is 0 Å². The molecule has 4 atom stereocenters. The van der Waals surface area contributed by atoms with Gasteiger partial charge in [0.1, 0.15) is 12.2 Å². The van der Waals surface area contributed by atoms with Crippen molar-refractivity contribution in [2.75, 3.05) is 13.2 Å². The number of aliphatic hydroxyl groups excluding tert-OH is 2. The van der Waals surface area contributed by atoms with Crippen molar-refractivity contribution < 1.29 is 19.7 Å². The van der Waals surface area contributed by atoms with Gasteiger partial charge in [0.05, 0.1) is 13.2 Å². The van der Waals surface area contributed by atoms with Crippen LogP contribution >= 0.6 is 0 Å². The van der Waals surface area contributed by atoms with Crippen molar-refractivity contribution in [2.45, 2.75) is 43.7 Å². The molecule has 0 aromatic heterocycles. The monoisotopic (exact) mass is 214 g/mol. The molecule has 0 aromatic rings. The topological polar surface area (TPSA) is 58.9 Å². The SMILES string of the molecule is OC[C@@H]1OC2(CCC[C@@H]3C[C@@H]32)O[C@H]1CO. The molecule has 1 saturated heterocycles. The normalized spacial score (nSPS) is 46.8. The summed E-state index contributed by atoms with van der Waals surface area (Å²) in [4.78, 5) is 0. The predicted octanol–water partition coefficient (Wildman–Crippen LogP) is 0.271. The lowest BCUT2D eigenvalue weighted by molar-refractivity contribution is -0.209. The fourth-order valence-corrected chi connectivity index (χ4v) is 3.20. The molecule has 4 heteroatoms. The lowest BCUT2D eigenvalue weighted by atomic mass is 9.94. The molecule has 1 spiro atoms. The minimum Gasteiger partial charge on any atom is -0.394 e. The van der Waals surface area contributed by atoms with Crippen LogP contribution in [-0.2, 0) is 9.47 Å². The smallest absolute Gasteiger partial charge is 0.172 e. The Morgan fingerprint density at radius 1 is 1.13 bits per heavy atom. The van der Waals surface area contributed by atoms with Crippen molar-refractivity contribution >= 4 is 0 Å². The first-order valence-corrected chi connectivity index (χ1v) is 5.86. The van der Waals surface area contributed by atoms with Gasteiger partial charge in [-0.3, -0.25) is 0 Å². The Balaban J connectivity index is 1.77. The number of ether oxygens (including phenoxy) is 2. The van der Waals surface area contributed by atoms with Crippen molar-refractivity contribution in [2.24, 2.45) is 11.8 Å². The number of hydrogen-bond acceptors (Lipinski definition) is 4. The fraction of sp³-hybridized carbons (Fsp3) is 1.00. The summed E-state index contributed by atoms with van der Waals surface area (Å²) >= 11 is 0. The zero-order chi connectivity index (χ0) is 10.5. The maximum absolute atomic E-state index is 9.17.